The fourth-order valence-corrected chi connectivity index (χ4v) is 5.26. The number of anilines is 1. The van der Waals surface area contributed by atoms with Crippen molar-refractivity contribution in [3.05, 3.63) is 87.9 Å². The van der Waals surface area contributed by atoms with E-state index in [1.807, 2.05) is 36.4 Å². The summed E-state index contributed by atoms with van der Waals surface area (Å²) in [4.78, 5) is 12.3. The van der Waals surface area contributed by atoms with Gasteiger partial charge >= 0.3 is 0 Å². The molecule has 1 aliphatic carbocycles. The highest BCUT2D eigenvalue weighted by Crippen LogP contribution is 2.37. The third-order valence-electron chi connectivity index (χ3n) is 4.70. The van der Waals surface area contributed by atoms with Gasteiger partial charge in [0.25, 0.3) is 0 Å². The minimum absolute atomic E-state index is 0.167. The number of benzene rings is 3. The van der Waals surface area contributed by atoms with Gasteiger partial charge in [-0.05, 0) is 58.5 Å². The first-order valence-electron chi connectivity index (χ1n) is 8.85. The Morgan fingerprint density at radius 1 is 0.929 bits per heavy atom. The summed E-state index contributed by atoms with van der Waals surface area (Å²) in [5.41, 5.74) is 6.04. The van der Waals surface area contributed by atoms with E-state index in [0.717, 1.165) is 22.0 Å². The summed E-state index contributed by atoms with van der Waals surface area (Å²) in [7, 11) is -3.56. The van der Waals surface area contributed by atoms with Crippen molar-refractivity contribution in [2.75, 3.05) is 11.1 Å². The van der Waals surface area contributed by atoms with Crippen LogP contribution in [-0.2, 0) is 26.8 Å². The Kier molecular flexibility index (Phi) is 5.08. The van der Waals surface area contributed by atoms with Crippen LogP contribution >= 0.6 is 15.9 Å². The van der Waals surface area contributed by atoms with Gasteiger partial charge in [-0.3, -0.25) is 4.79 Å². The van der Waals surface area contributed by atoms with Gasteiger partial charge in [0.05, 0.1) is 5.75 Å². The molecule has 0 heterocycles. The summed E-state index contributed by atoms with van der Waals surface area (Å²) in [6.07, 6.45) is 0.816. The van der Waals surface area contributed by atoms with Crippen LogP contribution in [0.1, 0.15) is 16.7 Å². The average molecular weight is 456 g/mol. The Morgan fingerprint density at radius 3 is 2.54 bits per heavy atom. The molecule has 142 valence electrons. The van der Waals surface area contributed by atoms with E-state index < -0.39 is 21.5 Å². The van der Waals surface area contributed by atoms with E-state index in [1.54, 1.807) is 18.2 Å². The number of hydrogen-bond donors (Lipinski definition) is 1. The van der Waals surface area contributed by atoms with Crippen LogP contribution in [0.15, 0.2) is 71.2 Å². The smallest absolute Gasteiger partial charge is 0.239 e. The number of amides is 1. The van der Waals surface area contributed by atoms with Gasteiger partial charge in [-0.2, -0.15) is 0 Å². The van der Waals surface area contributed by atoms with Gasteiger partial charge in [-0.1, -0.05) is 58.4 Å². The summed E-state index contributed by atoms with van der Waals surface area (Å²) in [5, 5.41) is 2.72. The summed E-state index contributed by atoms with van der Waals surface area (Å²) < 4.78 is 25.6. The lowest BCUT2D eigenvalue weighted by molar-refractivity contribution is -0.113. The Balaban J connectivity index is 1.44. The molecule has 0 atom stereocenters. The summed E-state index contributed by atoms with van der Waals surface area (Å²) in [6.45, 7) is 0. The van der Waals surface area contributed by atoms with E-state index in [1.165, 1.54) is 11.1 Å². The van der Waals surface area contributed by atoms with E-state index >= 15 is 0 Å². The molecule has 0 saturated carbocycles. The topological polar surface area (TPSA) is 63.2 Å². The number of halogens is 1. The minimum atomic E-state index is -3.56. The van der Waals surface area contributed by atoms with E-state index in [4.69, 9.17) is 0 Å². The molecule has 28 heavy (non-hydrogen) atoms. The first-order valence-corrected chi connectivity index (χ1v) is 11.5. The normalized spacial score (nSPS) is 12.3. The van der Waals surface area contributed by atoms with Crippen molar-refractivity contribution in [3.63, 3.8) is 0 Å². The molecule has 0 unspecified atom stereocenters. The molecule has 0 bridgehead atoms. The van der Waals surface area contributed by atoms with Crippen LogP contribution in [0.3, 0.4) is 0 Å². The molecule has 4 rings (SSSR count). The molecule has 0 saturated heterocycles. The van der Waals surface area contributed by atoms with Crippen molar-refractivity contribution in [1.82, 2.24) is 0 Å². The molecular formula is C22H18BrNO3S. The average Bonchev–Trinajstić information content (AvgIpc) is 2.98. The highest BCUT2D eigenvalue weighted by Gasteiger charge is 2.20. The van der Waals surface area contributed by atoms with Gasteiger partial charge < -0.3 is 5.32 Å². The van der Waals surface area contributed by atoms with Gasteiger partial charge in [0.1, 0.15) is 5.75 Å². The number of carbonyl (C=O) groups is 1. The van der Waals surface area contributed by atoms with E-state index in [9.17, 15) is 13.2 Å². The fraction of sp³-hybridized carbons (Fsp3) is 0.136. The standard InChI is InChI=1S/C22H18BrNO3S/c23-18-6-3-4-15(10-18)13-28(26,27)14-22(25)24-19-8-9-21-17(12-19)11-16-5-1-2-7-20(16)21/h1-10,12H,11,13-14H2,(H,24,25). The number of nitrogens with one attached hydrogen (secondary N) is 1. The van der Waals surface area contributed by atoms with Crippen molar-refractivity contribution < 1.29 is 13.2 Å². The zero-order valence-electron chi connectivity index (χ0n) is 15.0. The maximum atomic E-state index is 12.4. The van der Waals surface area contributed by atoms with Crippen molar-refractivity contribution in [3.8, 4) is 11.1 Å². The van der Waals surface area contributed by atoms with Crippen LogP contribution < -0.4 is 5.32 Å². The Bertz CT molecular complexity index is 1170. The summed E-state index contributed by atoms with van der Waals surface area (Å²) in [5.74, 6) is -1.23. The lowest BCUT2D eigenvalue weighted by Crippen LogP contribution is -2.24. The number of sulfone groups is 1. The summed E-state index contributed by atoms with van der Waals surface area (Å²) >= 11 is 3.33. The fourth-order valence-electron chi connectivity index (χ4n) is 3.55. The highest BCUT2D eigenvalue weighted by molar-refractivity contribution is 9.10. The van der Waals surface area contributed by atoms with Crippen LogP contribution in [0.4, 0.5) is 5.69 Å². The van der Waals surface area contributed by atoms with Crippen LogP contribution in [0.2, 0.25) is 0 Å². The SMILES string of the molecule is O=C(CS(=O)(=O)Cc1cccc(Br)c1)Nc1ccc2c(c1)Cc1ccccc1-2. The first-order chi connectivity index (χ1) is 13.4. The predicted octanol–water partition coefficient (Wildman–Crippen LogP) is 4.57. The van der Waals surface area contributed by atoms with Gasteiger partial charge in [0, 0.05) is 10.2 Å². The Morgan fingerprint density at radius 2 is 1.71 bits per heavy atom. The molecule has 3 aromatic rings. The third-order valence-corrected chi connectivity index (χ3v) is 6.67. The first kappa shape index (κ1) is 18.9. The van der Waals surface area contributed by atoms with E-state index in [2.05, 4.69) is 33.4 Å². The van der Waals surface area contributed by atoms with Gasteiger partial charge in [0.2, 0.25) is 5.91 Å². The maximum Gasteiger partial charge on any atom is 0.239 e. The number of fused-ring (bicyclic) bond motifs is 3. The van der Waals surface area contributed by atoms with Gasteiger partial charge in [0.15, 0.2) is 9.84 Å². The molecule has 3 aromatic carbocycles. The van der Waals surface area contributed by atoms with Gasteiger partial charge in [-0.15, -0.1) is 0 Å². The monoisotopic (exact) mass is 455 g/mol. The predicted molar refractivity (Wildman–Crippen MR) is 115 cm³/mol. The molecule has 1 N–H and O–H groups in total. The number of hydrogen-bond acceptors (Lipinski definition) is 3. The second-order valence-corrected chi connectivity index (χ2v) is 9.90. The number of rotatable bonds is 5. The van der Waals surface area contributed by atoms with Crippen molar-refractivity contribution in [1.29, 1.82) is 0 Å². The second-order valence-electron chi connectivity index (χ2n) is 6.92. The maximum absolute atomic E-state index is 12.4. The lowest BCUT2D eigenvalue weighted by atomic mass is 10.1. The Labute approximate surface area is 172 Å². The van der Waals surface area contributed by atoms with Crippen LogP contribution in [0.5, 0.6) is 0 Å². The van der Waals surface area contributed by atoms with Gasteiger partial charge in [-0.25, -0.2) is 8.42 Å². The molecular weight excluding hydrogens is 438 g/mol. The molecule has 0 spiro atoms. The molecule has 0 aromatic heterocycles. The van der Waals surface area contributed by atoms with Crippen molar-refractivity contribution in [2.24, 2.45) is 0 Å². The molecule has 1 amide bonds. The Hall–Kier alpha value is -2.44. The van der Waals surface area contributed by atoms with Crippen molar-refractivity contribution >= 4 is 37.4 Å². The van der Waals surface area contributed by atoms with E-state index in [0.29, 0.717) is 11.3 Å². The molecule has 0 fully saturated rings. The van der Waals surface area contributed by atoms with Crippen LogP contribution in [0.25, 0.3) is 11.1 Å². The number of carbonyl (C=O) groups excluding carboxylic acids is 1. The second kappa shape index (κ2) is 7.53. The molecule has 0 radical (unpaired) electrons. The molecule has 6 heteroatoms. The highest BCUT2D eigenvalue weighted by atomic mass is 79.9. The zero-order chi connectivity index (χ0) is 19.7. The molecule has 0 aliphatic heterocycles. The molecule has 1 aliphatic rings. The minimum Gasteiger partial charge on any atom is -0.325 e. The molecule has 4 nitrogen and oxygen atoms in total. The summed E-state index contributed by atoms with van der Waals surface area (Å²) in [6, 6.07) is 21.0. The van der Waals surface area contributed by atoms with Crippen molar-refractivity contribution in [2.45, 2.75) is 12.2 Å². The van der Waals surface area contributed by atoms with Crippen LogP contribution in [-0.4, -0.2) is 20.1 Å². The lowest BCUT2D eigenvalue weighted by Gasteiger charge is -2.09. The zero-order valence-corrected chi connectivity index (χ0v) is 17.4. The van der Waals surface area contributed by atoms with E-state index in [-0.39, 0.29) is 5.75 Å². The van der Waals surface area contributed by atoms with Crippen LogP contribution in [0, 0.1) is 0 Å². The largest absolute Gasteiger partial charge is 0.325 e. The third kappa shape index (κ3) is 4.18. The quantitative estimate of drug-likeness (QED) is 0.479.